The minimum atomic E-state index is -0.452. The quantitative estimate of drug-likeness (QED) is 0.794. The fourth-order valence-corrected chi connectivity index (χ4v) is 1.86. The van der Waals surface area contributed by atoms with Gasteiger partial charge in [0.2, 0.25) is 5.89 Å². The number of aromatic nitrogens is 2. The standard InChI is InChI=1S/C13H12ClFN2O3/c1-2-19-13(18)7-12-16-11(17-20-12)6-8-9(14)4-3-5-10(8)15/h3-5H,2,6-7H2,1H3. The smallest absolute Gasteiger partial charge is 0.315 e. The molecule has 0 spiro atoms. The first-order valence-electron chi connectivity index (χ1n) is 6.00. The van der Waals surface area contributed by atoms with Crippen molar-refractivity contribution in [1.82, 2.24) is 10.1 Å². The van der Waals surface area contributed by atoms with Gasteiger partial charge in [0.1, 0.15) is 12.2 Å². The van der Waals surface area contributed by atoms with Gasteiger partial charge >= 0.3 is 5.97 Å². The van der Waals surface area contributed by atoms with Gasteiger partial charge in [-0.3, -0.25) is 4.79 Å². The van der Waals surface area contributed by atoms with Crippen LogP contribution in [0, 0.1) is 5.82 Å². The number of hydrogen-bond acceptors (Lipinski definition) is 5. The first-order valence-corrected chi connectivity index (χ1v) is 6.38. The summed E-state index contributed by atoms with van der Waals surface area (Å²) in [6.45, 7) is 1.99. The van der Waals surface area contributed by atoms with Gasteiger partial charge in [-0.2, -0.15) is 4.98 Å². The van der Waals surface area contributed by atoms with Crippen molar-refractivity contribution in [2.45, 2.75) is 19.8 Å². The molecule has 0 aliphatic heterocycles. The van der Waals surface area contributed by atoms with Gasteiger partial charge in [0.25, 0.3) is 0 Å². The average Bonchev–Trinajstić information content (AvgIpc) is 2.82. The van der Waals surface area contributed by atoms with Crippen molar-refractivity contribution < 1.29 is 18.4 Å². The van der Waals surface area contributed by atoms with E-state index in [-0.39, 0.29) is 36.7 Å². The summed E-state index contributed by atoms with van der Waals surface area (Å²) in [5, 5.41) is 3.98. The van der Waals surface area contributed by atoms with E-state index in [2.05, 4.69) is 10.1 Å². The molecule has 0 atom stereocenters. The molecule has 0 amide bonds. The number of rotatable bonds is 5. The van der Waals surface area contributed by atoms with Crippen molar-refractivity contribution in [1.29, 1.82) is 0 Å². The fraction of sp³-hybridized carbons (Fsp3) is 0.308. The molecular formula is C13H12ClFN2O3. The van der Waals surface area contributed by atoms with E-state index in [1.165, 1.54) is 12.1 Å². The lowest BCUT2D eigenvalue weighted by molar-refractivity contribution is -0.142. The summed E-state index contributed by atoms with van der Waals surface area (Å²) in [6, 6.07) is 4.41. The molecule has 0 saturated carbocycles. The van der Waals surface area contributed by atoms with Gasteiger partial charge < -0.3 is 9.26 Å². The molecule has 1 aromatic carbocycles. The third kappa shape index (κ3) is 3.54. The second-order valence-corrected chi connectivity index (χ2v) is 4.37. The van der Waals surface area contributed by atoms with Crippen molar-refractivity contribution in [3.05, 3.63) is 46.3 Å². The van der Waals surface area contributed by atoms with Crippen molar-refractivity contribution in [2.75, 3.05) is 6.61 Å². The lowest BCUT2D eigenvalue weighted by atomic mass is 10.1. The molecule has 1 heterocycles. The van der Waals surface area contributed by atoms with Crippen LogP contribution >= 0.6 is 11.6 Å². The molecule has 20 heavy (non-hydrogen) atoms. The molecule has 1 aromatic heterocycles. The Hall–Kier alpha value is -1.95. The number of carbonyl (C=O) groups excluding carboxylic acids is 1. The highest BCUT2D eigenvalue weighted by Crippen LogP contribution is 2.21. The Labute approximate surface area is 119 Å². The summed E-state index contributed by atoms with van der Waals surface area (Å²) in [4.78, 5) is 15.3. The molecule has 0 fully saturated rings. The Morgan fingerprint density at radius 2 is 2.30 bits per heavy atom. The van der Waals surface area contributed by atoms with Gasteiger partial charge in [-0.05, 0) is 19.1 Å². The van der Waals surface area contributed by atoms with E-state index >= 15 is 0 Å². The molecule has 0 saturated heterocycles. The van der Waals surface area contributed by atoms with Crippen LogP contribution in [0.3, 0.4) is 0 Å². The third-order valence-electron chi connectivity index (χ3n) is 2.51. The second kappa shape index (κ2) is 6.47. The fourth-order valence-electron chi connectivity index (χ4n) is 1.63. The van der Waals surface area contributed by atoms with Crippen LogP contribution in [0.4, 0.5) is 4.39 Å². The molecular weight excluding hydrogens is 287 g/mol. The van der Waals surface area contributed by atoms with Crippen LogP contribution in [0.25, 0.3) is 0 Å². The van der Waals surface area contributed by atoms with E-state index in [9.17, 15) is 9.18 Å². The maximum Gasteiger partial charge on any atom is 0.315 e. The van der Waals surface area contributed by atoms with Crippen LogP contribution in [-0.2, 0) is 22.4 Å². The van der Waals surface area contributed by atoms with E-state index in [0.29, 0.717) is 5.02 Å². The van der Waals surface area contributed by atoms with Gasteiger partial charge in [0.15, 0.2) is 5.82 Å². The molecule has 0 aliphatic carbocycles. The lowest BCUT2D eigenvalue weighted by Crippen LogP contribution is -2.07. The normalized spacial score (nSPS) is 10.6. The predicted molar refractivity (Wildman–Crippen MR) is 68.9 cm³/mol. The van der Waals surface area contributed by atoms with E-state index in [1.54, 1.807) is 13.0 Å². The maximum atomic E-state index is 13.6. The van der Waals surface area contributed by atoms with Crippen molar-refractivity contribution in [2.24, 2.45) is 0 Å². The lowest BCUT2D eigenvalue weighted by Gasteiger charge is -2.01. The van der Waals surface area contributed by atoms with Crippen LogP contribution in [0.5, 0.6) is 0 Å². The van der Waals surface area contributed by atoms with E-state index in [0.717, 1.165) is 0 Å². The van der Waals surface area contributed by atoms with Gasteiger partial charge in [-0.25, -0.2) is 4.39 Å². The van der Waals surface area contributed by atoms with Gasteiger partial charge in [-0.15, -0.1) is 0 Å². The number of esters is 1. The van der Waals surface area contributed by atoms with Crippen LogP contribution in [0.1, 0.15) is 24.2 Å². The number of halogens is 2. The first kappa shape index (κ1) is 14.5. The summed E-state index contributed by atoms with van der Waals surface area (Å²) in [7, 11) is 0. The van der Waals surface area contributed by atoms with Crippen LogP contribution < -0.4 is 0 Å². The van der Waals surface area contributed by atoms with Crippen molar-refractivity contribution in [3.63, 3.8) is 0 Å². The number of carbonyl (C=O) groups is 1. The first-order chi connectivity index (χ1) is 9.60. The number of hydrogen-bond donors (Lipinski definition) is 0. The number of nitrogens with zero attached hydrogens (tertiary/aromatic N) is 2. The summed E-state index contributed by atoms with van der Waals surface area (Å²) < 4.78 is 23.3. The summed E-state index contributed by atoms with van der Waals surface area (Å²) in [5.74, 6) is -0.497. The van der Waals surface area contributed by atoms with Crippen molar-refractivity contribution >= 4 is 17.6 Å². The molecule has 106 valence electrons. The SMILES string of the molecule is CCOC(=O)Cc1nc(Cc2c(F)cccc2Cl)no1. The summed E-state index contributed by atoms with van der Waals surface area (Å²) >= 11 is 5.91. The monoisotopic (exact) mass is 298 g/mol. The zero-order valence-corrected chi connectivity index (χ0v) is 11.5. The summed E-state index contributed by atoms with van der Waals surface area (Å²) in [6.07, 6.45) is -0.0102. The topological polar surface area (TPSA) is 65.2 Å². The van der Waals surface area contributed by atoms with Gasteiger partial charge in [0, 0.05) is 17.0 Å². The molecule has 5 nitrogen and oxygen atoms in total. The van der Waals surface area contributed by atoms with Crippen LogP contribution in [-0.4, -0.2) is 22.7 Å². The molecule has 0 bridgehead atoms. The highest BCUT2D eigenvalue weighted by atomic mass is 35.5. The predicted octanol–water partition coefficient (Wildman–Crippen LogP) is 2.56. The largest absolute Gasteiger partial charge is 0.466 e. The molecule has 0 unspecified atom stereocenters. The van der Waals surface area contributed by atoms with Crippen LogP contribution in [0.15, 0.2) is 22.7 Å². The minimum absolute atomic E-state index is 0.0951. The Bertz CT molecular complexity index is 595. The second-order valence-electron chi connectivity index (χ2n) is 3.96. The minimum Gasteiger partial charge on any atom is -0.466 e. The highest BCUT2D eigenvalue weighted by Gasteiger charge is 2.15. The Balaban J connectivity index is 2.08. The molecule has 0 radical (unpaired) electrons. The Morgan fingerprint density at radius 3 is 3.00 bits per heavy atom. The van der Waals surface area contributed by atoms with Crippen LogP contribution in [0.2, 0.25) is 5.02 Å². The Kier molecular flexibility index (Phi) is 4.68. The van der Waals surface area contributed by atoms with E-state index in [1.807, 2.05) is 0 Å². The Morgan fingerprint density at radius 1 is 1.50 bits per heavy atom. The number of ether oxygens (including phenoxy) is 1. The molecule has 0 aliphatic rings. The zero-order valence-electron chi connectivity index (χ0n) is 10.7. The van der Waals surface area contributed by atoms with E-state index in [4.69, 9.17) is 20.9 Å². The zero-order chi connectivity index (χ0) is 14.5. The average molecular weight is 299 g/mol. The molecule has 2 rings (SSSR count). The molecule has 0 N–H and O–H groups in total. The third-order valence-corrected chi connectivity index (χ3v) is 2.86. The highest BCUT2D eigenvalue weighted by molar-refractivity contribution is 6.31. The summed E-state index contributed by atoms with van der Waals surface area (Å²) in [5.41, 5.74) is 0.289. The molecule has 7 heteroatoms. The maximum absolute atomic E-state index is 13.6. The van der Waals surface area contributed by atoms with Crippen molar-refractivity contribution in [3.8, 4) is 0 Å². The van der Waals surface area contributed by atoms with E-state index < -0.39 is 11.8 Å². The van der Waals surface area contributed by atoms with Gasteiger partial charge in [0.05, 0.1) is 6.61 Å². The molecule has 2 aromatic rings. The number of benzene rings is 1. The van der Waals surface area contributed by atoms with Gasteiger partial charge in [-0.1, -0.05) is 22.8 Å².